The molecule has 0 spiro atoms. The molecular formula is C11H25NO4S2. The SMILES string of the molecule is CCC(CS(=O)CCN)OCC(CS(C)=O)OC. The van der Waals surface area contributed by atoms with Gasteiger partial charge in [0.1, 0.15) is 0 Å². The van der Waals surface area contributed by atoms with Gasteiger partial charge in [-0.3, -0.25) is 8.42 Å². The number of methoxy groups -OCH3 is 1. The minimum Gasteiger partial charge on any atom is -0.378 e. The summed E-state index contributed by atoms with van der Waals surface area (Å²) in [4.78, 5) is 0. The van der Waals surface area contributed by atoms with Crippen LogP contribution in [-0.4, -0.2) is 64.4 Å². The molecule has 0 aromatic rings. The van der Waals surface area contributed by atoms with Crippen LogP contribution in [0.3, 0.4) is 0 Å². The predicted octanol–water partition coefficient (Wildman–Crippen LogP) is -0.117. The lowest BCUT2D eigenvalue weighted by atomic mass is 10.3. The zero-order valence-electron chi connectivity index (χ0n) is 11.4. The van der Waals surface area contributed by atoms with E-state index in [1.165, 1.54) is 0 Å². The predicted molar refractivity (Wildman–Crippen MR) is 76.7 cm³/mol. The lowest BCUT2D eigenvalue weighted by Gasteiger charge is -2.20. The molecule has 0 amide bonds. The van der Waals surface area contributed by atoms with Gasteiger partial charge in [-0.05, 0) is 6.42 Å². The Morgan fingerprint density at radius 2 is 1.89 bits per heavy atom. The van der Waals surface area contributed by atoms with Crippen LogP contribution in [0.5, 0.6) is 0 Å². The second-order valence-corrected chi connectivity index (χ2v) is 7.16. The van der Waals surface area contributed by atoms with Crippen LogP contribution in [0.4, 0.5) is 0 Å². The highest BCUT2D eigenvalue weighted by molar-refractivity contribution is 7.85. The molecule has 0 aliphatic heterocycles. The molecular weight excluding hydrogens is 274 g/mol. The highest BCUT2D eigenvalue weighted by Crippen LogP contribution is 2.04. The lowest BCUT2D eigenvalue weighted by Crippen LogP contribution is -2.30. The third-order valence-corrected chi connectivity index (χ3v) is 4.72. The summed E-state index contributed by atoms with van der Waals surface area (Å²) in [5.41, 5.74) is 5.36. The third kappa shape index (κ3) is 9.16. The molecule has 4 atom stereocenters. The summed E-state index contributed by atoms with van der Waals surface area (Å²) in [6.45, 7) is 2.80. The molecule has 0 saturated heterocycles. The molecule has 0 heterocycles. The van der Waals surface area contributed by atoms with E-state index in [-0.39, 0.29) is 12.2 Å². The first-order chi connectivity index (χ1) is 8.53. The van der Waals surface area contributed by atoms with Crippen molar-refractivity contribution in [3.05, 3.63) is 0 Å². The zero-order valence-corrected chi connectivity index (χ0v) is 13.1. The maximum Gasteiger partial charge on any atom is 0.0919 e. The Labute approximate surface area is 115 Å². The van der Waals surface area contributed by atoms with Crippen molar-refractivity contribution in [3.8, 4) is 0 Å². The van der Waals surface area contributed by atoms with Crippen LogP contribution >= 0.6 is 0 Å². The fourth-order valence-electron chi connectivity index (χ4n) is 1.40. The Morgan fingerprint density at radius 3 is 2.33 bits per heavy atom. The molecule has 2 N–H and O–H groups in total. The maximum atomic E-state index is 11.6. The van der Waals surface area contributed by atoms with Crippen molar-refractivity contribution >= 4 is 21.6 Å². The molecule has 0 radical (unpaired) electrons. The Morgan fingerprint density at radius 1 is 1.22 bits per heavy atom. The Bertz CT molecular complexity index is 263. The standard InChI is InChI=1S/C11H25NO4S2/c1-4-10(9-18(14)6-5-12)16-7-11(15-2)8-17(3)13/h10-11H,4-9,12H2,1-3H3. The van der Waals surface area contributed by atoms with E-state index in [0.29, 0.717) is 30.4 Å². The van der Waals surface area contributed by atoms with E-state index in [4.69, 9.17) is 15.2 Å². The van der Waals surface area contributed by atoms with Crippen LogP contribution in [0.25, 0.3) is 0 Å². The average molecular weight is 299 g/mol. The zero-order chi connectivity index (χ0) is 14.0. The van der Waals surface area contributed by atoms with Crippen LogP contribution in [0.15, 0.2) is 0 Å². The van der Waals surface area contributed by atoms with Crippen molar-refractivity contribution in [2.45, 2.75) is 25.6 Å². The number of hydrogen-bond donors (Lipinski definition) is 1. The molecule has 7 heteroatoms. The number of nitrogens with two attached hydrogens (primary N) is 1. The Hall–Kier alpha value is 0.180. The highest BCUT2D eigenvalue weighted by Gasteiger charge is 2.15. The summed E-state index contributed by atoms with van der Waals surface area (Å²) in [5, 5.41) is 0. The van der Waals surface area contributed by atoms with Crippen LogP contribution in [0, 0.1) is 0 Å². The minimum absolute atomic E-state index is 0.0553. The smallest absolute Gasteiger partial charge is 0.0919 e. The van der Waals surface area contributed by atoms with E-state index in [1.807, 2.05) is 6.92 Å². The summed E-state index contributed by atoms with van der Waals surface area (Å²) in [6.07, 6.45) is 2.20. The molecule has 0 aliphatic carbocycles. The van der Waals surface area contributed by atoms with Gasteiger partial charge in [0.15, 0.2) is 0 Å². The summed E-state index contributed by atoms with van der Waals surface area (Å²) in [7, 11) is -0.258. The molecule has 0 aromatic heterocycles. The summed E-state index contributed by atoms with van der Waals surface area (Å²) in [5.74, 6) is 1.46. The van der Waals surface area contributed by atoms with E-state index >= 15 is 0 Å². The summed E-state index contributed by atoms with van der Waals surface area (Å²) >= 11 is 0. The van der Waals surface area contributed by atoms with Gasteiger partial charge in [0.25, 0.3) is 0 Å². The molecule has 0 aliphatic rings. The highest BCUT2D eigenvalue weighted by atomic mass is 32.2. The van der Waals surface area contributed by atoms with E-state index in [1.54, 1.807) is 13.4 Å². The molecule has 0 rings (SSSR count). The van der Waals surface area contributed by atoms with Gasteiger partial charge in [0.05, 0.1) is 24.6 Å². The molecule has 0 saturated carbocycles. The second-order valence-electron chi connectivity index (χ2n) is 4.06. The van der Waals surface area contributed by atoms with Crippen molar-refractivity contribution in [1.82, 2.24) is 0 Å². The van der Waals surface area contributed by atoms with Crippen molar-refractivity contribution in [3.63, 3.8) is 0 Å². The van der Waals surface area contributed by atoms with Crippen LogP contribution in [0.1, 0.15) is 13.3 Å². The van der Waals surface area contributed by atoms with Gasteiger partial charge in [-0.2, -0.15) is 0 Å². The molecule has 18 heavy (non-hydrogen) atoms. The van der Waals surface area contributed by atoms with Gasteiger partial charge in [-0.1, -0.05) is 6.92 Å². The van der Waals surface area contributed by atoms with E-state index < -0.39 is 21.6 Å². The van der Waals surface area contributed by atoms with Gasteiger partial charge >= 0.3 is 0 Å². The lowest BCUT2D eigenvalue weighted by molar-refractivity contribution is -0.0111. The molecule has 110 valence electrons. The molecule has 0 aromatic carbocycles. The molecule has 4 unspecified atom stereocenters. The van der Waals surface area contributed by atoms with E-state index in [2.05, 4.69) is 0 Å². The third-order valence-electron chi connectivity index (χ3n) is 2.44. The van der Waals surface area contributed by atoms with Crippen molar-refractivity contribution in [2.24, 2.45) is 5.73 Å². The fraction of sp³-hybridized carbons (Fsp3) is 1.00. The molecule has 5 nitrogen and oxygen atoms in total. The monoisotopic (exact) mass is 299 g/mol. The quantitative estimate of drug-likeness (QED) is 0.575. The van der Waals surface area contributed by atoms with Gasteiger partial charge in [-0.15, -0.1) is 0 Å². The van der Waals surface area contributed by atoms with Gasteiger partial charge < -0.3 is 15.2 Å². The van der Waals surface area contributed by atoms with Crippen LogP contribution < -0.4 is 5.73 Å². The van der Waals surface area contributed by atoms with Gasteiger partial charge in [0, 0.05) is 53.0 Å². The number of hydrogen-bond acceptors (Lipinski definition) is 5. The Kier molecular flexibility index (Phi) is 11.2. The van der Waals surface area contributed by atoms with E-state index in [9.17, 15) is 8.42 Å². The van der Waals surface area contributed by atoms with Gasteiger partial charge in [-0.25, -0.2) is 0 Å². The van der Waals surface area contributed by atoms with Crippen molar-refractivity contribution < 1.29 is 17.9 Å². The summed E-state index contributed by atoms with van der Waals surface area (Å²) < 4.78 is 33.5. The topological polar surface area (TPSA) is 78.6 Å². The summed E-state index contributed by atoms with van der Waals surface area (Å²) in [6, 6.07) is 0. The maximum absolute atomic E-state index is 11.6. The largest absolute Gasteiger partial charge is 0.378 e. The first-order valence-electron chi connectivity index (χ1n) is 6.02. The van der Waals surface area contributed by atoms with Crippen molar-refractivity contribution in [1.29, 1.82) is 0 Å². The van der Waals surface area contributed by atoms with Crippen LogP contribution in [0.2, 0.25) is 0 Å². The van der Waals surface area contributed by atoms with Crippen LogP contribution in [-0.2, 0) is 31.1 Å². The van der Waals surface area contributed by atoms with Crippen molar-refractivity contribution in [2.75, 3.05) is 43.8 Å². The Balaban J connectivity index is 4.04. The fourth-order valence-corrected chi connectivity index (χ4v) is 3.33. The second kappa shape index (κ2) is 11.0. The van der Waals surface area contributed by atoms with Gasteiger partial charge in [0.2, 0.25) is 0 Å². The van der Waals surface area contributed by atoms with E-state index in [0.717, 1.165) is 6.42 Å². The number of ether oxygens (including phenoxy) is 2. The number of rotatable bonds is 11. The normalized spacial score (nSPS) is 18.2. The molecule has 0 fully saturated rings. The first-order valence-corrected chi connectivity index (χ1v) is 9.24. The first kappa shape index (κ1) is 18.2. The molecule has 0 bridgehead atoms. The minimum atomic E-state index is -0.928. The average Bonchev–Trinajstić information content (AvgIpc) is 2.32.